The molecular weight excluding hydrogens is 298 g/mol. The highest BCUT2D eigenvalue weighted by molar-refractivity contribution is 5.83. The number of hydrogen-bond acceptors (Lipinski definition) is 3. The van der Waals surface area contributed by atoms with Crippen molar-refractivity contribution in [1.29, 1.82) is 0 Å². The number of fused-ring (bicyclic) bond motifs is 1. The Bertz CT molecular complexity index is 603. The number of amides is 3. The van der Waals surface area contributed by atoms with Crippen molar-refractivity contribution in [1.82, 2.24) is 15.5 Å². The fourth-order valence-electron chi connectivity index (χ4n) is 2.44. The van der Waals surface area contributed by atoms with Crippen LogP contribution in [0.2, 0.25) is 0 Å². The average molecular weight is 319 g/mol. The molecule has 0 spiro atoms. The normalized spacial score (nSPS) is 14.6. The Labute approximate surface area is 134 Å². The van der Waals surface area contributed by atoms with Crippen molar-refractivity contribution in [3.05, 3.63) is 35.4 Å². The van der Waals surface area contributed by atoms with E-state index in [2.05, 4.69) is 16.7 Å². The fraction of sp³-hybridized carbons (Fsp3) is 0.438. The molecular formula is C16H21N3O4. The molecule has 2 rings (SSSR count). The molecule has 3 amide bonds. The Balaban J connectivity index is 1.74. The largest absolute Gasteiger partial charge is 0.480 e. The summed E-state index contributed by atoms with van der Waals surface area (Å²) in [4.78, 5) is 36.0. The van der Waals surface area contributed by atoms with E-state index in [1.165, 1.54) is 12.5 Å². The van der Waals surface area contributed by atoms with Crippen molar-refractivity contribution in [3.8, 4) is 0 Å². The molecule has 0 aromatic heterocycles. The summed E-state index contributed by atoms with van der Waals surface area (Å²) < 4.78 is 0. The second-order valence-corrected chi connectivity index (χ2v) is 5.55. The van der Waals surface area contributed by atoms with E-state index in [0.717, 1.165) is 12.0 Å². The second kappa shape index (κ2) is 7.62. The first-order chi connectivity index (χ1) is 11.0. The number of nitrogens with one attached hydrogen (secondary N) is 2. The molecule has 1 aromatic rings. The van der Waals surface area contributed by atoms with E-state index in [0.29, 0.717) is 13.1 Å². The molecule has 1 aromatic carbocycles. The molecule has 0 saturated heterocycles. The third kappa shape index (κ3) is 4.70. The molecule has 124 valence electrons. The Kier molecular flexibility index (Phi) is 5.56. The van der Waals surface area contributed by atoms with Gasteiger partial charge in [-0.2, -0.15) is 0 Å². The summed E-state index contributed by atoms with van der Waals surface area (Å²) in [5.74, 6) is -1.49. The molecule has 0 radical (unpaired) electrons. The van der Waals surface area contributed by atoms with Crippen LogP contribution in [0.4, 0.5) is 4.79 Å². The minimum absolute atomic E-state index is 0.0494. The predicted octanol–water partition coefficient (Wildman–Crippen LogP) is 0.734. The number of rotatable bonds is 5. The third-order valence-electron chi connectivity index (χ3n) is 3.79. The highest BCUT2D eigenvalue weighted by Gasteiger charge is 2.20. The van der Waals surface area contributed by atoms with Crippen LogP contribution >= 0.6 is 0 Å². The lowest BCUT2D eigenvalue weighted by molar-refractivity contribution is -0.141. The average Bonchev–Trinajstić information content (AvgIpc) is 2.54. The molecule has 0 fully saturated rings. The molecule has 7 nitrogen and oxygen atoms in total. The van der Waals surface area contributed by atoms with Crippen molar-refractivity contribution in [2.24, 2.45) is 0 Å². The Morgan fingerprint density at radius 2 is 1.96 bits per heavy atom. The first-order valence-corrected chi connectivity index (χ1v) is 7.59. The zero-order valence-corrected chi connectivity index (χ0v) is 13.0. The van der Waals surface area contributed by atoms with Crippen LogP contribution in [0.15, 0.2) is 24.3 Å². The minimum atomic E-state index is -1.09. The highest BCUT2D eigenvalue weighted by atomic mass is 16.4. The molecule has 3 N–H and O–H groups in total. The summed E-state index contributed by atoms with van der Waals surface area (Å²) in [5, 5.41) is 13.7. The number of carbonyl (C=O) groups excluding carboxylic acids is 2. The molecule has 0 bridgehead atoms. The summed E-state index contributed by atoms with van der Waals surface area (Å²) in [7, 11) is 0. The number of carboxylic acids is 1. The zero-order chi connectivity index (χ0) is 16.8. The van der Waals surface area contributed by atoms with Crippen LogP contribution in [-0.2, 0) is 22.6 Å². The number of hydrogen-bond donors (Lipinski definition) is 3. The summed E-state index contributed by atoms with van der Waals surface area (Å²) in [6.45, 7) is 2.77. The Hall–Kier alpha value is -2.57. The maximum absolute atomic E-state index is 12.1. The van der Waals surface area contributed by atoms with Crippen molar-refractivity contribution >= 4 is 17.9 Å². The van der Waals surface area contributed by atoms with Crippen LogP contribution in [0.5, 0.6) is 0 Å². The number of nitrogens with zero attached hydrogens (tertiary/aromatic N) is 1. The Morgan fingerprint density at radius 3 is 2.65 bits per heavy atom. The van der Waals surface area contributed by atoms with E-state index >= 15 is 0 Å². The third-order valence-corrected chi connectivity index (χ3v) is 3.79. The number of carbonyl (C=O) groups is 3. The van der Waals surface area contributed by atoms with Crippen LogP contribution < -0.4 is 10.6 Å². The molecule has 7 heteroatoms. The van der Waals surface area contributed by atoms with E-state index in [1.807, 2.05) is 18.2 Å². The van der Waals surface area contributed by atoms with Gasteiger partial charge in [-0.15, -0.1) is 0 Å². The Morgan fingerprint density at radius 1 is 1.26 bits per heavy atom. The standard InChI is InChI=1S/C16H21N3O4/c1-11(15(21)22)18-14(20)6-8-17-16(23)19-9-7-12-4-2-3-5-13(12)10-19/h2-5,11H,6-10H2,1H3,(H,17,23)(H,18,20)(H,21,22)/t11-/m0/s1. The second-order valence-electron chi connectivity index (χ2n) is 5.55. The van der Waals surface area contributed by atoms with Gasteiger partial charge in [0.15, 0.2) is 0 Å². The first-order valence-electron chi connectivity index (χ1n) is 7.59. The van der Waals surface area contributed by atoms with Gasteiger partial charge in [0, 0.05) is 26.1 Å². The van der Waals surface area contributed by atoms with Crippen molar-refractivity contribution in [2.45, 2.75) is 32.4 Å². The predicted molar refractivity (Wildman–Crippen MR) is 83.8 cm³/mol. The van der Waals surface area contributed by atoms with Gasteiger partial charge in [0.25, 0.3) is 0 Å². The van der Waals surface area contributed by atoms with E-state index in [4.69, 9.17) is 5.11 Å². The summed E-state index contributed by atoms with van der Waals surface area (Å²) in [6, 6.07) is 6.88. The van der Waals surface area contributed by atoms with Gasteiger partial charge in [0.2, 0.25) is 5.91 Å². The van der Waals surface area contributed by atoms with Gasteiger partial charge >= 0.3 is 12.0 Å². The summed E-state index contributed by atoms with van der Waals surface area (Å²) >= 11 is 0. The van der Waals surface area contributed by atoms with E-state index in [9.17, 15) is 14.4 Å². The molecule has 0 saturated carbocycles. The number of urea groups is 1. The van der Waals surface area contributed by atoms with Crippen molar-refractivity contribution < 1.29 is 19.5 Å². The van der Waals surface area contributed by atoms with Gasteiger partial charge in [0.1, 0.15) is 6.04 Å². The zero-order valence-electron chi connectivity index (χ0n) is 13.0. The van der Waals surface area contributed by atoms with Gasteiger partial charge in [0.05, 0.1) is 0 Å². The van der Waals surface area contributed by atoms with Gasteiger partial charge in [-0.3, -0.25) is 9.59 Å². The number of benzene rings is 1. The summed E-state index contributed by atoms with van der Waals surface area (Å²) in [6.07, 6.45) is 0.869. The van der Waals surface area contributed by atoms with Crippen LogP contribution in [0.3, 0.4) is 0 Å². The van der Waals surface area contributed by atoms with E-state index in [-0.39, 0.29) is 19.0 Å². The van der Waals surface area contributed by atoms with Crippen molar-refractivity contribution in [3.63, 3.8) is 0 Å². The van der Waals surface area contributed by atoms with Crippen molar-refractivity contribution in [2.75, 3.05) is 13.1 Å². The maximum atomic E-state index is 12.1. The summed E-state index contributed by atoms with van der Waals surface area (Å²) in [5.41, 5.74) is 2.40. The first kappa shape index (κ1) is 16.8. The van der Waals surface area contributed by atoms with Gasteiger partial charge in [-0.05, 0) is 24.5 Å². The van der Waals surface area contributed by atoms with E-state index in [1.54, 1.807) is 4.90 Å². The molecule has 23 heavy (non-hydrogen) atoms. The molecule has 0 unspecified atom stereocenters. The topological polar surface area (TPSA) is 98.7 Å². The lowest BCUT2D eigenvalue weighted by Gasteiger charge is -2.28. The quantitative estimate of drug-likeness (QED) is 0.745. The molecule has 1 atom stereocenters. The lowest BCUT2D eigenvalue weighted by atomic mass is 10.0. The molecule has 1 aliphatic rings. The van der Waals surface area contributed by atoms with Crippen LogP contribution in [0.1, 0.15) is 24.5 Å². The fourth-order valence-corrected chi connectivity index (χ4v) is 2.44. The smallest absolute Gasteiger partial charge is 0.325 e. The monoisotopic (exact) mass is 319 g/mol. The lowest BCUT2D eigenvalue weighted by Crippen LogP contribution is -2.44. The van der Waals surface area contributed by atoms with Crippen LogP contribution in [-0.4, -0.2) is 47.0 Å². The van der Waals surface area contributed by atoms with Gasteiger partial charge in [-0.25, -0.2) is 4.79 Å². The van der Waals surface area contributed by atoms with Crippen LogP contribution in [0.25, 0.3) is 0 Å². The van der Waals surface area contributed by atoms with E-state index < -0.39 is 17.9 Å². The minimum Gasteiger partial charge on any atom is -0.480 e. The highest BCUT2D eigenvalue weighted by Crippen LogP contribution is 2.18. The number of aliphatic carboxylic acids is 1. The van der Waals surface area contributed by atoms with Crippen LogP contribution in [0, 0.1) is 0 Å². The van der Waals surface area contributed by atoms with Gasteiger partial charge < -0.3 is 20.6 Å². The van der Waals surface area contributed by atoms with Gasteiger partial charge in [-0.1, -0.05) is 24.3 Å². The SMILES string of the molecule is C[C@H](NC(=O)CCNC(=O)N1CCc2ccccc2C1)C(=O)O. The maximum Gasteiger partial charge on any atom is 0.325 e. The molecule has 1 heterocycles. The molecule has 0 aliphatic carbocycles. The number of carboxylic acid groups (broad SMARTS) is 1. The molecule has 1 aliphatic heterocycles.